The fourth-order valence-electron chi connectivity index (χ4n) is 4.65. The molecular formula is C25H32N6O6. The van der Waals surface area contributed by atoms with Crippen molar-refractivity contribution in [2.45, 2.75) is 44.4 Å². The predicted octanol–water partition coefficient (Wildman–Crippen LogP) is 1.85. The second-order valence-corrected chi connectivity index (χ2v) is 8.87. The maximum absolute atomic E-state index is 12.2. The molecule has 3 atom stereocenters. The summed E-state index contributed by atoms with van der Waals surface area (Å²) in [6, 6.07) is 11.4. The van der Waals surface area contributed by atoms with Crippen LogP contribution in [0.4, 0.5) is 11.4 Å². The first-order valence-corrected chi connectivity index (χ1v) is 11.8. The van der Waals surface area contributed by atoms with E-state index in [0.717, 1.165) is 0 Å². The number of carbonyl (C=O) groups excluding carboxylic acids is 1. The van der Waals surface area contributed by atoms with Crippen LogP contribution in [0, 0.1) is 0 Å². The third-order valence-corrected chi connectivity index (χ3v) is 6.37. The topological polar surface area (TPSA) is 147 Å². The molecule has 37 heavy (non-hydrogen) atoms. The van der Waals surface area contributed by atoms with Gasteiger partial charge in [-0.3, -0.25) is 0 Å². The van der Waals surface area contributed by atoms with Gasteiger partial charge in [-0.05, 0) is 61.5 Å². The van der Waals surface area contributed by atoms with Crippen LogP contribution in [0.1, 0.15) is 41.6 Å². The average Bonchev–Trinajstić information content (AvgIpc) is 3.30. The number of benzene rings is 2. The molecule has 0 spiro atoms. The number of anilines is 2. The maximum Gasteiger partial charge on any atom is 0.338 e. The number of methoxy groups -OCH3 is 2. The Balaban J connectivity index is 1.85. The summed E-state index contributed by atoms with van der Waals surface area (Å²) in [5.74, 6) is 0.528. The number of aromatic nitrogens is 4. The lowest BCUT2D eigenvalue weighted by Crippen LogP contribution is -2.62. The number of rotatable bonds is 9. The second-order valence-electron chi connectivity index (χ2n) is 8.87. The summed E-state index contributed by atoms with van der Waals surface area (Å²) in [5, 5.41) is 24.3. The van der Waals surface area contributed by atoms with E-state index < -0.39 is 30.0 Å². The lowest BCUT2D eigenvalue weighted by Gasteiger charge is -2.49. The molecule has 3 N–H and O–H groups in total. The van der Waals surface area contributed by atoms with Crippen molar-refractivity contribution in [3.63, 3.8) is 0 Å². The molecule has 0 bridgehead atoms. The van der Waals surface area contributed by atoms with Gasteiger partial charge in [0.25, 0.3) is 0 Å². The van der Waals surface area contributed by atoms with Crippen LogP contribution >= 0.6 is 0 Å². The SMILES string of the molecule is CCOC(=O)c1ccc(N(Cc2nnn(C)n2)[C@H]2c3cc(N)ccc3O[C@](C)(C(OC)OC)[C@@H]2O)cc1. The summed E-state index contributed by atoms with van der Waals surface area (Å²) >= 11 is 0. The zero-order valence-corrected chi connectivity index (χ0v) is 21.5. The number of aliphatic hydroxyl groups is 1. The minimum atomic E-state index is -1.30. The van der Waals surface area contributed by atoms with E-state index >= 15 is 0 Å². The third kappa shape index (κ3) is 5.08. The minimum absolute atomic E-state index is 0.184. The van der Waals surface area contributed by atoms with E-state index in [-0.39, 0.29) is 13.2 Å². The van der Waals surface area contributed by atoms with Gasteiger partial charge in [0.2, 0.25) is 0 Å². The highest BCUT2D eigenvalue weighted by Gasteiger charge is 2.54. The standard InChI is InChI=1S/C25H32N6O6/c1-6-36-23(33)15-7-10-17(11-8-15)31(14-20-27-29-30(3)28-20)21-18-13-16(26)9-12-19(18)37-25(2,22(21)32)24(34-4)35-5/h7-13,21-22,24,32H,6,14,26H2,1-5H3/t21-,22+,25-/m0/s1. The molecular weight excluding hydrogens is 480 g/mol. The smallest absolute Gasteiger partial charge is 0.338 e. The van der Waals surface area contributed by atoms with Crippen molar-refractivity contribution < 1.29 is 28.8 Å². The number of nitrogens with zero attached hydrogens (tertiary/aromatic N) is 5. The number of nitrogen functional groups attached to an aromatic ring is 1. The molecule has 2 heterocycles. The first kappa shape index (κ1) is 26.3. The summed E-state index contributed by atoms with van der Waals surface area (Å²) in [7, 11) is 4.64. The van der Waals surface area contributed by atoms with Gasteiger partial charge in [-0.15, -0.1) is 10.2 Å². The number of esters is 1. The van der Waals surface area contributed by atoms with Crippen LogP contribution in [0.15, 0.2) is 42.5 Å². The van der Waals surface area contributed by atoms with Crippen LogP contribution in [0.3, 0.4) is 0 Å². The fourth-order valence-corrected chi connectivity index (χ4v) is 4.65. The van der Waals surface area contributed by atoms with E-state index in [2.05, 4.69) is 15.4 Å². The summed E-state index contributed by atoms with van der Waals surface area (Å²) in [4.78, 5) is 15.5. The second kappa shape index (κ2) is 10.7. The number of fused-ring (bicyclic) bond motifs is 1. The third-order valence-electron chi connectivity index (χ3n) is 6.37. The Morgan fingerprint density at radius 1 is 1.24 bits per heavy atom. The Bertz CT molecular complexity index is 1230. The summed E-state index contributed by atoms with van der Waals surface area (Å²) in [6.07, 6.45) is -2.05. The highest BCUT2D eigenvalue weighted by molar-refractivity contribution is 5.89. The van der Waals surface area contributed by atoms with Crippen LogP contribution < -0.4 is 15.4 Å². The van der Waals surface area contributed by atoms with Crippen molar-refractivity contribution in [2.75, 3.05) is 31.5 Å². The molecule has 12 heteroatoms. The highest BCUT2D eigenvalue weighted by atomic mass is 16.7. The molecule has 4 rings (SSSR count). The van der Waals surface area contributed by atoms with E-state index in [1.54, 1.807) is 63.4 Å². The van der Waals surface area contributed by atoms with Crippen molar-refractivity contribution in [1.82, 2.24) is 20.2 Å². The van der Waals surface area contributed by atoms with Crippen LogP contribution in [0.2, 0.25) is 0 Å². The number of ether oxygens (including phenoxy) is 4. The van der Waals surface area contributed by atoms with E-state index in [4.69, 9.17) is 24.7 Å². The van der Waals surface area contributed by atoms with Gasteiger partial charge in [0.1, 0.15) is 11.9 Å². The number of aliphatic hydroxyl groups excluding tert-OH is 1. The first-order valence-electron chi connectivity index (χ1n) is 11.8. The molecule has 0 fully saturated rings. The molecule has 198 valence electrons. The molecule has 2 aromatic carbocycles. The van der Waals surface area contributed by atoms with Crippen molar-refractivity contribution in [3.8, 4) is 5.75 Å². The number of hydrogen-bond acceptors (Lipinski definition) is 11. The van der Waals surface area contributed by atoms with E-state index in [0.29, 0.717) is 34.1 Å². The van der Waals surface area contributed by atoms with Crippen LogP contribution in [0.5, 0.6) is 5.75 Å². The lowest BCUT2D eigenvalue weighted by molar-refractivity contribution is -0.237. The van der Waals surface area contributed by atoms with Crippen LogP contribution in [-0.2, 0) is 27.8 Å². The van der Waals surface area contributed by atoms with Gasteiger partial charge >= 0.3 is 5.97 Å². The Morgan fingerprint density at radius 2 is 1.95 bits per heavy atom. The van der Waals surface area contributed by atoms with Gasteiger partial charge in [-0.1, -0.05) is 0 Å². The molecule has 0 amide bonds. The van der Waals surface area contributed by atoms with Gasteiger partial charge in [0.05, 0.1) is 31.8 Å². The number of hydrogen-bond donors (Lipinski definition) is 2. The van der Waals surface area contributed by atoms with Gasteiger partial charge in [0.15, 0.2) is 17.7 Å². The first-order chi connectivity index (χ1) is 17.7. The molecule has 0 saturated heterocycles. The normalized spacial score (nSPS) is 20.8. The van der Waals surface area contributed by atoms with Crippen molar-refractivity contribution in [2.24, 2.45) is 7.05 Å². The lowest BCUT2D eigenvalue weighted by atomic mass is 9.83. The molecule has 12 nitrogen and oxygen atoms in total. The van der Waals surface area contributed by atoms with Gasteiger partial charge in [-0.2, -0.15) is 4.80 Å². The molecule has 0 unspecified atom stereocenters. The quantitative estimate of drug-likeness (QED) is 0.246. The molecule has 0 aliphatic carbocycles. The summed E-state index contributed by atoms with van der Waals surface area (Å²) < 4.78 is 22.5. The zero-order valence-electron chi connectivity index (χ0n) is 21.5. The molecule has 3 aromatic rings. The number of tetrazole rings is 1. The average molecular weight is 513 g/mol. The predicted molar refractivity (Wildman–Crippen MR) is 134 cm³/mol. The summed E-state index contributed by atoms with van der Waals surface area (Å²) in [5.41, 5.74) is 7.12. The van der Waals surface area contributed by atoms with Gasteiger partial charge in [-0.25, -0.2) is 4.79 Å². The summed E-state index contributed by atoms with van der Waals surface area (Å²) in [6.45, 7) is 3.94. The Morgan fingerprint density at radius 3 is 2.54 bits per heavy atom. The van der Waals surface area contributed by atoms with E-state index in [9.17, 15) is 9.90 Å². The van der Waals surface area contributed by atoms with Crippen molar-refractivity contribution in [3.05, 3.63) is 59.4 Å². The number of nitrogens with two attached hydrogens (primary N) is 1. The molecule has 1 aliphatic heterocycles. The van der Waals surface area contributed by atoms with Gasteiger partial charge in [0, 0.05) is 31.2 Å². The molecule has 1 aliphatic rings. The van der Waals surface area contributed by atoms with Crippen LogP contribution in [0.25, 0.3) is 0 Å². The molecule has 0 saturated carbocycles. The number of carbonyl (C=O) groups is 1. The maximum atomic E-state index is 12.2. The minimum Gasteiger partial charge on any atom is -0.479 e. The largest absolute Gasteiger partial charge is 0.479 e. The van der Waals surface area contributed by atoms with E-state index in [1.165, 1.54) is 19.0 Å². The zero-order chi connectivity index (χ0) is 26.7. The Kier molecular flexibility index (Phi) is 7.62. The Labute approximate surface area is 214 Å². The van der Waals surface area contributed by atoms with E-state index in [1.807, 2.05) is 4.90 Å². The van der Waals surface area contributed by atoms with Crippen molar-refractivity contribution in [1.29, 1.82) is 0 Å². The highest BCUT2D eigenvalue weighted by Crippen LogP contribution is 2.47. The molecule has 0 radical (unpaired) electrons. The van der Waals surface area contributed by atoms with Crippen LogP contribution in [-0.4, -0.2) is 70.1 Å². The monoisotopic (exact) mass is 512 g/mol. The van der Waals surface area contributed by atoms with Crippen molar-refractivity contribution >= 4 is 17.3 Å². The fraction of sp³-hybridized carbons (Fsp3) is 0.440. The Hall–Kier alpha value is -3.74. The van der Waals surface area contributed by atoms with Gasteiger partial charge < -0.3 is 34.7 Å². The molecule has 1 aromatic heterocycles. The number of aryl methyl sites for hydroxylation is 1.